The van der Waals surface area contributed by atoms with Gasteiger partial charge in [0, 0.05) is 4.47 Å². The van der Waals surface area contributed by atoms with Gasteiger partial charge in [-0.25, -0.2) is 9.59 Å². The highest BCUT2D eigenvalue weighted by Gasteiger charge is 2.39. The summed E-state index contributed by atoms with van der Waals surface area (Å²) in [5.74, 6) is -1.73. The summed E-state index contributed by atoms with van der Waals surface area (Å²) in [4.78, 5) is 30.1. The van der Waals surface area contributed by atoms with Gasteiger partial charge >= 0.3 is 22.1 Å². The zero-order chi connectivity index (χ0) is 21.8. The number of sulfonamides is 1. The van der Waals surface area contributed by atoms with Crippen molar-refractivity contribution in [2.75, 3.05) is 0 Å². The summed E-state index contributed by atoms with van der Waals surface area (Å²) in [6, 6.07) is 14.5. The van der Waals surface area contributed by atoms with Gasteiger partial charge in [0.1, 0.15) is 10.5 Å². The number of hydroxylamine groups is 1. The van der Waals surface area contributed by atoms with E-state index in [1.54, 1.807) is 64.1 Å². The minimum Gasteiger partial charge on any atom is -0.441 e. The summed E-state index contributed by atoms with van der Waals surface area (Å²) >= 11 is 3.14. The van der Waals surface area contributed by atoms with Crippen LogP contribution in [-0.2, 0) is 24.4 Å². The maximum absolute atomic E-state index is 13.1. The summed E-state index contributed by atoms with van der Waals surface area (Å²) in [7, 11) is -4.55. The fraction of sp³-hybridized carbons (Fsp3) is 0.300. The molecule has 0 aliphatic rings. The highest BCUT2D eigenvalue weighted by Crippen LogP contribution is 2.27. The lowest BCUT2D eigenvalue weighted by molar-refractivity contribution is -0.168. The van der Waals surface area contributed by atoms with E-state index in [-0.39, 0.29) is 13.8 Å². The van der Waals surface area contributed by atoms with Crippen LogP contribution in [0.25, 0.3) is 0 Å². The third-order valence-corrected chi connectivity index (χ3v) is 6.23. The van der Waals surface area contributed by atoms with Gasteiger partial charge in [-0.1, -0.05) is 42.5 Å². The number of hydrogen-bond donors (Lipinski definition) is 0. The summed E-state index contributed by atoms with van der Waals surface area (Å²) in [5.41, 5.74) is -0.393. The van der Waals surface area contributed by atoms with Crippen LogP contribution in [0.15, 0.2) is 64.0 Å². The van der Waals surface area contributed by atoms with Crippen molar-refractivity contribution in [2.45, 2.75) is 44.1 Å². The molecule has 0 bridgehead atoms. The summed E-state index contributed by atoms with van der Waals surface area (Å²) in [5, 5.41) is 0. The van der Waals surface area contributed by atoms with Gasteiger partial charge in [-0.05, 0) is 65.8 Å². The maximum atomic E-state index is 13.1. The maximum Gasteiger partial charge on any atom is 0.459 e. The van der Waals surface area contributed by atoms with Crippen LogP contribution in [0.5, 0.6) is 0 Å². The Bertz CT molecular complexity index is 986. The van der Waals surface area contributed by atoms with Crippen molar-refractivity contribution in [3.63, 3.8) is 0 Å². The number of ether oxygens (including phenoxy) is 1. The molecule has 1 atom stereocenters. The van der Waals surface area contributed by atoms with Crippen molar-refractivity contribution in [1.82, 2.24) is 4.47 Å². The van der Waals surface area contributed by atoms with E-state index in [2.05, 4.69) is 15.9 Å². The van der Waals surface area contributed by atoms with Gasteiger partial charge in [0.05, 0.1) is 5.92 Å². The molecule has 1 unspecified atom stereocenters. The number of amides is 1. The van der Waals surface area contributed by atoms with Crippen LogP contribution in [0.4, 0.5) is 4.79 Å². The molecule has 156 valence electrons. The Balaban J connectivity index is 2.41. The van der Waals surface area contributed by atoms with Crippen molar-refractivity contribution in [3.05, 3.63) is 64.6 Å². The summed E-state index contributed by atoms with van der Waals surface area (Å²) in [6.45, 7) is 6.27. The Hall–Kier alpha value is -2.39. The van der Waals surface area contributed by atoms with E-state index in [1.165, 1.54) is 18.2 Å². The first-order valence-electron chi connectivity index (χ1n) is 8.73. The Morgan fingerprint density at radius 1 is 1.00 bits per heavy atom. The van der Waals surface area contributed by atoms with E-state index < -0.39 is 33.6 Å². The molecule has 2 aromatic carbocycles. The van der Waals surface area contributed by atoms with Crippen LogP contribution in [-0.4, -0.2) is 30.5 Å². The molecule has 2 aromatic rings. The molecule has 0 saturated heterocycles. The minimum atomic E-state index is -4.55. The molecular formula is C20H22BrNO6S. The number of carbonyl (C=O) groups is 2. The van der Waals surface area contributed by atoms with Gasteiger partial charge in [-0.15, -0.1) is 0 Å². The lowest BCUT2D eigenvalue weighted by Gasteiger charge is -2.26. The molecule has 0 aliphatic carbocycles. The Morgan fingerprint density at radius 2 is 1.55 bits per heavy atom. The van der Waals surface area contributed by atoms with Gasteiger partial charge < -0.3 is 9.57 Å². The van der Waals surface area contributed by atoms with Crippen molar-refractivity contribution < 1.29 is 27.6 Å². The third kappa shape index (κ3) is 5.80. The molecule has 0 fully saturated rings. The molecule has 0 aromatic heterocycles. The average Bonchev–Trinajstić information content (AvgIpc) is 2.64. The van der Waals surface area contributed by atoms with Crippen molar-refractivity contribution in [3.8, 4) is 0 Å². The minimum absolute atomic E-state index is 0.000116. The Morgan fingerprint density at radius 3 is 2.10 bits per heavy atom. The molecule has 9 heteroatoms. The number of hydrogen-bond acceptors (Lipinski definition) is 6. The molecule has 0 N–H and O–H groups in total. The highest BCUT2D eigenvalue weighted by atomic mass is 79.9. The molecule has 1 amide bonds. The largest absolute Gasteiger partial charge is 0.459 e. The highest BCUT2D eigenvalue weighted by molar-refractivity contribution is 9.10. The van der Waals surface area contributed by atoms with Gasteiger partial charge in [0.25, 0.3) is 0 Å². The first kappa shape index (κ1) is 22.9. The van der Waals surface area contributed by atoms with E-state index in [1.807, 2.05) is 0 Å². The van der Waals surface area contributed by atoms with Crippen LogP contribution in [0.3, 0.4) is 0 Å². The van der Waals surface area contributed by atoms with Gasteiger partial charge in [0.15, 0.2) is 0 Å². The Kier molecular flexibility index (Phi) is 7.07. The predicted octanol–water partition coefficient (Wildman–Crippen LogP) is 4.64. The molecule has 0 saturated carbocycles. The zero-order valence-electron chi connectivity index (χ0n) is 16.5. The monoisotopic (exact) mass is 483 g/mol. The second-order valence-electron chi connectivity index (χ2n) is 7.19. The third-order valence-electron chi connectivity index (χ3n) is 3.70. The van der Waals surface area contributed by atoms with Crippen LogP contribution in [0, 0.1) is 0 Å². The number of carbonyl (C=O) groups excluding carboxylic acids is 2. The number of rotatable bonds is 4. The second-order valence-corrected chi connectivity index (χ2v) is 9.76. The summed E-state index contributed by atoms with van der Waals surface area (Å²) < 4.78 is 31.5. The molecule has 2 rings (SSSR count). The van der Waals surface area contributed by atoms with Crippen LogP contribution in [0.2, 0.25) is 0 Å². The van der Waals surface area contributed by atoms with E-state index in [9.17, 15) is 18.0 Å². The van der Waals surface area contributed by atoms with E-state index in [0.29, 0.717) is 5.56 Å². The zero-order valence-corrected chi connectivity index (χ0v) is 18.9. The fourth-order valence-electron chi connectivity index (χ4n) is 2.27. The van der Waals surface area contributed by atoms with E-state index in [4.69, 9.17) is 9.57 Å². The van der Waals surface area contributed by atoms with Crippen molar-refractivity contribution >= 4 is 38.0 Å². The van der Waals surface area contributed by atoms with Crippen LogP contribution < -0.4 is 0 Å². The molecule has 7 nitrogen and oxygen atoms in total. The number of halogens is 1. The van der Waals surface area contributed by atoms with Crippen LogP contribution >= 0.6 is 15.9 Å². The van der Waals surface area contributed by atoms with Gasteiger partial charge in [-0.3, -0.25) is 0 Å². The molecule has 29 heavy (non-hydrogen) atoms. The first-order chi connectivity index (χ1) is 13.4. The molecule has 0 spiro atoms. The molecule has 0 heterocycles. The fourth-order valence-corrected chi connectivity index (χ4v) is 4.31. The van der Waals surface area contributed by atoms with Gasteiger partial charge in [0.2, 0.25) is 0 Å². The predicted molar refractivity (Wildman–Crippen MR) is 110 cm³/mol. The van der Waals surface area contributed by atoms with E-state index >= 15 is 0 Å². The number of benzene rings is 2. The van der Waals surface area contributed by atoms with Crippen LogP contribution in [0.1, 0.15) is 39.2 Å². The molecule has 0 radical (unpaired) electrons. The number of nitrogens with zero attached hydrogens (tertiary/aromatic N) is 1. The lowest BCUT2D eigenvalue weighted by Crippen LogP contribution is -2.42. The topological polar surface area (TPSA) is 90.0 Å². The molecule has 0 aliphatic heterocycles. The quantitative estimate of drug-likeness (QED) is 0.588. The van der Waals surface area contributed by atoms with Crippen molar-refractivity contribution in [2.24, 2.45) is 0 Å². The average molecular weight is 484 g/mol. The first-order valence-corrected chi connectivity index (χ1v) is 11.0. The second kappa shape index (κ2) is 8.96. The Labute approximate surface area is 178 Å². The summed E-state index contributed by atoms with van der Waals surface area (Å²) in [6.07, 6.45) is -1.32. The smallest absolute Gasteiger partial charge is 0.441 e. The molecular weight excluding hydrogens is 462 g/mol. The van der Waals surface area contributed by atoms with Gasteiger partial charge in [-0.2, -0.15) is 8.42 Å². The standard InChI is InChI=1S/C20H22BrNO6S/c1-14(15-10-6-5-7-11-15)18(23)28-22(19(24)27-20(2,3)4)29(25,26)17-13-9-8-12-16(17)21/h5-14H,1-4H3. The van der Waals surface area contributed by atoms with Crippen molar-refractivity contribution in [1.29, 1.82) is 0 Å². The van der Waals surface area contributed by atoms with E-state index in [0.717, 1.165) is 0 Å². The normalized spacial score (nSPS) is 12.7. The SMILES string of the molecule is CC(C(=O)ON(C(=O)OC(C)(C)C)S(=O)(=O)c1ccccc1Br)c1ccccc1. The lowest BCUT2D eigenvalue weighted by atomic mass is 10.0.